The quantitative estimate of drug-likeness (QED) is 0.845. The molecule has 118 valence electrons. The molecular weight excluding hydrogens is 270 g/mol. The van der Waals surface area contributed by atoms with Crippen molar-refractivity contribution in [3.63, 3.8) is 0 Å². The highest BCUT2D eigenvalue weighted by atomic mass is 15.1. The normalized spacial score (nSPS) is 17.4. The molecule has 3 heteroatoms. The number of benzene rings is 1. The molecule has 0 spiro atoms. The SMILES string of the molecule is Cc1ccc(CC2(N[C@H](C)CCn3ccnc3C)CC2)cc1. The summed E-state index contributed by atoms with van der Waals surface area (Å²) in [7, 11) is 0. The van der Waals surface area contributed by atoms with E-state index in [0.717, 1.165) is 25.2 Å². The summed E-state index contributed by atoms with van der Waals surface area (Å²) >= 11 is 0. The second-order valence-corrected chi connectivity index (χ2v) is 6.94. The van der Waals surface area contributed by atoms with Crippen molar-refractivity contribution in [3.8, 4) is 0 Å². The first kappa shape index (κ1) is 15.3. The van der Waals surface area contributed by atoms with E-state index in [4.69, 9.17) is 0 Å². The van der Waals surface area contributed by atoms with Gasteiger partial charge in [-0.1, -0.05) is 29.8 Å². The van der Waals surface area contributed by atoms with Crippen LogP contribution in [0.5, 0.6) is 0 Å². The number of nitrogens with one attached hydrogen (secondary N) is 1. The van der Waals surface area contributed by atoms with Crippen LogP contribution >= 0.6 is 0 Å². The molecule has 0 radical (unpaired) electrons. The minimum Gasteiger partial charge on any atom is -0.335 e. The molecule has 22 heavy (non-hydrogen) atoms. The number of hydrogen-bond donors (Lipinski definition) is 1. The molecule has 0 saturated heterocycles. The molecule has 0 unspecified atom stereocenters. The van der Waals surface area contributed by atoms with Crippen LogP contribution in [0.25, 0.3) is 0 Å². The third-order valence-electron chi connectivity index (χ3n) is 4.80. The molecule has 2 aromatic rings. The summed E-state index contributed by atoms with van der Waals surface area (Å²) < 4.78 is 2.23. The van der Waals surface area contributed by atoms with Crippen LogP contribution in [0.4, 0.5) is 0 Å². The second-order valence-electron chi connectivity index (χ2n) is 6.94. The first-order valence-electron chi connectivity index (χ1n) is 8.37. The van der Waals surface area contributed by atoms with Crippen LogP contribution in [-0.4, -0.2) is 21.1 Å². The Kier molecular flexibility index (Phi) is 4.34. The molecular formula is C19H27N3. The van der Waals surface area contributed by atoms with E-state index in [1.807, 2.05) is 6.20 Å². The number of nitrogens with zero attached hydrogens (tertiary/aromatic N) is 2. The van der Waals surface area contributed by atoms with Gasteiger partial charge in [0.05, 0.1) is 0 Å². The number of aromatic nitrogens is 2. The van der Waals surface area contributed by atoms with Crippen molar-refractivity contribution in [2.24, 2.45) is 0 Å². The predicted molar refractivity (Wildman–Crippen MR) is 91.0 cm³/mol. The van der Waals surface area contributed by atoms with Crippen molar-refractivity contribution in [1.82, 2.24) is 14.9 Å². The first-order valence-corrected chi connectivity index (χ1v) is 8.37. The number of aryl methyl sites for hydroxylation is 3. The zero-order valence-electron chi connectivity index (χ0n) is 14.0. The molecule has 3 rings (SSSR count). The Morgan fingerprint density at radius 2 is 1.95 bits per heavy atom. The van der Waals surface area contributed by atoms with Crippen molar-refractivity contribution >= 4 is 0 Å². The maximum Gasteiger partial charge on any atom is 0.105 e. The van der Waals surface area contributed by atoms with Crippen LogP contribution in [0.15, 0.2) is 36.7 Å². The van der Waals surface area contributed by atoms with Crippen LogP contribution in [0.2, 0.25) is 0 Å². The van der Waals surface area contributed by atoms with Gasteiger partial charge >= 0.3 is 0 Å². The summed E-state index contributed by atoms with van der Waals surface area (Å²) in [6, 6.07) is 9.52. The highest BCUT2D eigenvalue weighted by Crippen LogP contribution is 2.39. The summed E-state index contributed by atoms with van der Waals surface area (Å²) in [6.45, 7) is 7.56. The number of hydrogen-bond acceptors (Lipinski definition) is 2. The lowest BCUT2D eigenvalue weighted by atomic mass is 10.0. The van der Waals surface area contributed by atoms with Crippen LogP contribution in [0.3, 0.4) is 0 Å². The molecule has 0 amide bonds. The van der Waals surface area contributed by atoms with Crippen molar-refractivity contribution < 1.29 is 0 Å². The fourth-order valence-corrected chi connectivity index (χ4v) is 3.19. The first-order chi connectivity index (χ1) is 10.6. The van der Waals surface area contributed by atoms with Gasteiger partial charge in [0.1, 0.15) is 5.82 Å². The van der Waals surface area contributed by atoms with E-state index >= 15 is 0 Å². The molecule has 0 aliphatic heterocycles. The summed E-state index contributed by atoms with van der Waals surface area (Å²) in [6.07, 6.45) is 8.85. The van der Waals surface area contributed by atoms with Crippen molar-refractivity contribution in [3.05, 3.63) is 53.6 Å². The number of imidazole rings is 1. The Labute approximate surface area is 133 Å². The zero-order chi connectivity index (χ0) is 15.6. The van der Waals surface area contributed by atoms with Crippen LogP contribution in [-0.2, 0) is 13.0 Å². The molecule has 1 N–H and O–H groups in total. The zero-order valence-corrected chi connectivity index (χ0v) is 14.0. The Balaban J connectivity index is 1.51. The summed E-state index contributed by atoms with van der Waals surface area (Å²) in [5, 5.41) is 3.88. The molecule has 1 atom stereocenters. The van der Waals surface area contributed by atoms with Gasteiger partial charge in [-0.25, -0.2) is 4.98 Å². The van der Waals surface area contributed by atoms with Crippen LogP contribution in [0, 0.1) is 13.8 Å². The average Bonchev–Trinajstić information content (AvgIpc) is 3.11. The highest BCUT2D eigenvalue weighted by Gasteiger charge is 2.42. The van der Waals surface area contributed by atoms with Gasteiger partial charge in [-0.15, -0.1) is 0 Å². The Hall–Kier alpha value is -1.61. The van der Waals surface area contributed by atoms with Crippen molar-refractivity contribution in [2.45, 2.75) is 64.6 Å². The second kappa shape index (κ2) is 6.25. The highest BCUT2D eigenvalue weighted by molar-refractivity contribution is 5.25. The molecule has 1 aliphatic rings. The van der Waals surface area contributed by atoms with E-state index < -0.39 is 0 Å². The third kappa shape index (κ3) is 3.77. The lowest BCUT2D eigenvalue weighted by Crippen LogP contribution is -2.40. The maximum absolute atomic E-state index is 4.29. The van der Waals surface area contributed by atoms with Gasteiger partial charge in [-0.2, -0.15) is 0 Å². The summed E-state index contributed by atoms with van der Waals surface area (Å²) in [5.41, 5.74) is 3.14. The van der Waals surface area contributed by atoms with E-state index in [0.29, 0.717) is 11.6 Å². The van der Waals surface area contributed by atoms with Gasteiger partial charge in [0.2, 0.25) is 0 Å². The summed E-state index contributed by atoms with van der Waals surface area (Å²) in [4.78, 5) is 4.29. The molecule has 1 fully saturated rings. The molecule has 1 heterocycles. The van der Waals surface area contributed by atoms with Crippen LogP contribution in [0.1, 0.15) is 43.1 Å². The Morgan fingerprint density at radius 3 is 2.55 bits per heavy atom. The third-order valence-corrected chi connectivity index (χ3v) is 4.80. The fraction of sp³-hybridized carbons (Fsp3) is 0.526. The molecule has 0 bridgehead atoms. The lowest BCUT2D eigenvalue weighted by Gasteiger charge is -2.23. The predicted octanol–water partition coefficient (Wildman–Crippen LogP) is 3.64. The van der Waals surface area contributed by atoms with Gasteiger partial charge in [0, 0.05) is 30.5 Å². The Morgan fingerprint density at radius 1 is 1.23 bits per heavy atom. The van der Waals surface area contributed by atoms with E-state index in [1.165, 1.54) is 24.0 Å². The molecule has 1 aromatic carbocycles. The average molecular weight is 297 g/mol. The smallest absolute Gasteiger partial charge is 0.105 e. The molecule has 3 nitrogen and oxygen atoms in total. The maximum atomic E-state index is 4.29. The fourth-order valence-electron chi connectivity index (χ4n) is 3.19. The Bertz CT molecular complexity index is 608. The molecule has 1 saturated carbocycles. The largest absolute Gasteiger partial charge is 0.335 e. The molecule has 1 aromatic heterocycles. The van der Waals surface area contributed by atoms with E-state index in [2.05, 4.69) is 66.1 Å². The van der Waals surface area contributed by atoms with E-state index in [-0.39, 0.29) is 0 Å². The van der Waals surface area contributed by atoms with Gasteiger partial charge in [0.25, 0.3) is 0 Å². The number of rotatable bonds is 7. The minimum absolute atomic E-state index is 0.346. The molecule has 1 aliphatic carbocycles. The van der Waals surface area contributed by atoms with Gasteiger partial charge in [-0.05, 0) is 52.0 Å². The summed E-state index contributed by atoms with van der Waals surface area (Å²) in [5.74, 6) is 1.10. The minimum atomic E-state index is 0.346. The van der Waals surface area contributed by atoms with Gasteiger partial charge in [0.15, 0.2) is 0 Å². The lowest BCUT2D eigenvalue weighted by molar-refractivity contribution is 0.392. The van der Waals surface area contributed by atoms with E-state index in [9.17, 15) is 0 Å². The monoisotopic (exact) mass is 297 g/mol. The van der Waals surface area contributed by atoms with Gasteiger partial charge < -0.3 is 9.88 Å². The van der Waals surface area contributed by atoms with Crippen molar-refractivity contribution in [1.29, 1.82) is 0 Å². The van der Waals surface area contributed by atoms with Gasteiger partial charge in [-0.3, -0.25) is 0 Å². The van der Waals surface area contributed by atoms with E-state index in [1.54, 1.807) is 0 Å². The van der Waals surface area contributed by atoms with Crippen molar-refractivity contribution in [2.75, 3.05) is 0 Å². The van der Waals surface area contributed by atoms with Crippen LogP contribution < -0.4 is 5.32 Å². The topological polar surface area (TPSA) is 29.9 Å². The standard InChI is InChI=1S/C19H27N3/c1-15-4-6-18(7-5-15)14-19(9-10-19)21-16(2)8-12-22-13-11-20-17(22)3/h4-7,11,13,16,21H,8-10,12,14H2,1-3H3/t16-/m1/s1.